The minimum absolute atomic E-state index is 0.00341. The van der Waals surface area contributed by atoms with Crippen molar-refractivity contribution in [3.05, 3.63) is 52.7 Å². The molecule has 0 saturated carbocycles. The highest BCUT2D eigenvalue weighted by molar-refractivity contribution is 5.94. The molecule has 0 N–H and O–H groups in total. The summed E-state index contributed by atoms with van der Waals surface area (Å²) in [5.74, 6) is -1.17. The van der Waals surface area contributed by atoms with E-state index in [9.17, 15) is 18.4 Å². The Morgan fingerprint density at radius 3 is 2.20 bits per heavy atom. The lowest BCUT2D eigenvalue weighted by molar-refractivity contribution is 0.0298. The number of amides is 2. The molecule has 2 fully saturated rings. The van der Waals surface area contributed by atoms with Crippen LogP contribution in [-0.4, -0.2) is 66.0 Å². The first kappa shape index (κ1) is 20.5. The number of ether oxygens (including phenoxy) is 1. The van der Waals surface area contributed by atoms with E-state index in [1.807, 2.05) is 0 Å². The molecule has 1 aromatic carbocycles. The third-order valence-electron chi connectivity index (χ3n) is 5.55. The lowest BCUT2D eigenvalue weighted by Crippen LogP contribution is -2.41. The number of hydrogen-bond donors (Lipinski definition) is 0. The zero-order valence-electron chi connectivity index (χ0n) is 16.7. The first-order valence-corrected chi connectivity index (χ1v) is 10.0. The van der Waals surface area contributed by atoms with E-state index >= 15 is 0 Å². The quantitative estimate of drug-likeness (QED) is 0.765. The summed E-state index contributed by atoms with van der Waals surface area (Å²) in [6.07, 6.45) is 1.18. The number of aryl methyl sites for hydroxylation is 1. The average Bonchev–Trinajstić information content (AvgIpc) is 3.14. The molecule has 2 aliphatic rings. The summed E-state index contributed by atoms with van der Waals surface area (Å²) in [4.78, 5) is 33.0. The molecule has 0 atom stereocenters. The number of carbonyl (C=O) groups is 2. The monoisotopic (exact) mass is 419 g/mol. The van der Waals surface area contributed by atoms with Crippen molar-refractivity contribution in [3.8, 4) is 0 Å². The van der Waals surface area contributed by atoms with Gasteiger partial charge in [0, 0.05) is 43.7 Å². The molecule has 0 bridgehead atoms. The number of benzene rings is 1. The molecule has 4 rings (SSSR count). The Labute approximate surface area is 172 Å². The summed E-state index contributed by atoms with van der Waals surface area (Å²) in [5, 5.41) is 0. The van der Waals surface area contributed by atoms with Crippen LogP contribution in [0.1, 0.15) is 51.3 Å². The van der Waals surface area contributed by atoms with Gasteiger partial charge in [0.05, 0.1) is 13.2 Å². The van der Waals surface area contributed by atoms with E-state index < -0.39 is 17.5 Å². The van der Waals surface area contributed by atoms with Crippen LogP contribution in [0.5, 0.6) is 0 Å². The van der Waals surface area contributed by atoms with Crippen molar-refractivity contribution in [3.63, 3.8) is 0 Å². The fourth-order valence-electron chi connectivity index (χ4n) is 3.90. The molecule has 0 radical (unpaired) electrons. The van der Waals surface area contributed by atoms with E-state index in [1.54, 1.807) is 16.7 Å². The van der Waals surface area contributed by atoms with Gasteiger partial charge < -0.3 is 19.0 Å². The first-order valence-electron chi connectivity index (χ1n) is 10.0. The summed E-state index contributed by atoms with van der Waals surface area (Å²) in [5.41, 5.74) is 0.317. The van der Waals surface area contributed by atoms with Gasteiger partial charge in [0.15, 0.2) is 11.6 Å². The van der Waals surface area contributed by atoms with Crippen molar-refractivity contribution in [2.24, 2.45) is 0 Å². The number of morpholine rings is 1. The second kappa shape index (κ2) is 8.51. The van der Waals surface area contributed by atoms with Gasteiger partial charge in [-0.2, -0.15) is 0 Å². The van der Waals surface area contributed by atoms with E-state index in [0.29, 0.717) is 69.6 Å². The second-order valence-corrected chi connectivity index (χ2v) is 7.59. The van der Waals surface area contributed by atoms with Crippen LogP contribution in [-0.2, 0) is 4.74 Å². The predicted octanol–water partition coefficient (Wildman–Crippen LogP) is 2.75. The Morgan fingerprint density at radius 2 is 1.57 bits per heavy atom. The van der Waals surface area contributed by atoms with Crippen molar-refractivity contribution >= 4 is 11.8 Å². The van der Waals surface area contributed by atoms with Crippen LogP contribution < -0.4 is 0 Å². The number of piperidine rings is 1. The Kier molecular flexibility index (Phi) is 5.80. The van der Waals surface area contributed by atoms with Crippen molar-refractivity contribution in [2.45, 2.75) is 25.7 Å². The summed E-state index contributed by atoms with van der Waals surface area (Å²) in [6, 6.07) is 2.82. The molecule has 9 heteroatoms. The van der Waals surface area contributed by atoms with E-state index in [4.69, 9.17) is 9.15 Å². The van der Waals surface area contributed by atoms with Gasteiger partial charge in [0.25, 0.3) is 11.8 Å². The average molecular weight is 419 g/mol. The van der Waals surface area contributed by atoms with Crippen LogP contribution in [0.4, 0.5) is 8.78 Å². The van der Waals surface area contributed by atoms with Crippen LogP contribution in [0.2, 0.25) is 0 Å². The number of halogens is 2. The summed E-state index contributed by atoms with van der Waals surface area (Å²) >= 11 is 0. The van der Waals surface area contributed by atoms with E-state index in [0.717, 1.165) is 18.2 Å². The van der Waals surface area contributed by atoms with Gasteiger partial charge in [0.2, 0.25) is 0 Å². The summed E-state index contributed by atoms with van der Waals surface area (Å²) in [6.45, 7) is 4.63. The highest BCUT2D eigenvalue weighted by Gasteiger charge is 2.31. The third-order valence-corrected chi connectivity index (χ3v) is 5.55. The van der Waals surface area contributed by atoms with Gasteiger partial charge >= 0.3 is 0 Å². The molecule has 0 unspecified atom stereocenters. The van der Waals surface area contributed by atoms with Gasteiger partial charge in [-0.1, -0.05) is 0 Å². The molecule has 30 heavy (non-hydrogen) atoms. The normalized spacial score (nSPS) is 18.0. The Hall–Kier alpha value is -2.81. The maximum Gasteiger partial charge on any atom is 0.276 e. The first-order chi connectivity index (χ1) is 14.4. The molecule has 2 aliphatic heterocycles. The van der Waals surface area contributed by atoms with Crippen LogP contribution >= 0.6 is 0 Å². The van der Waals surface area contributed by atoms with Crippen LogP contribution in [0, 0.1) is 18.6 Å². The van der Waals surface area contributed by atoms with E-state index in [2.05, 4.69) is 4.98 Å². The minimum Gasteiger partial charge on any atom is -0.445 e. The van der Waals surface area contributed by atoms with Crippen LogP contribution in [0.15, 0.2) is 22.6 Å². The van der Waals surface area contributed by atoms with Gasteiger partial charge in [0.1, 0.15) is 17.4 Å². The predicted molar refractivity (Wildman–Crippen MR) is 102 cm³/mol. The fraction of sp³-hybridized carbons (Fsp3) is 0.476. The molecule has 2 amide bonds. The second-order valence-electron chi connectivity index (χ2n) is 7.59. The van der Waals surface area contributed by atoms with Crippen LogP contribution in [0.25, 0.3) is 0 Å². The number of likely N-dealkylation sites (tertiary alicyclic amines) is 1. The van der Waals surface area contributed by atoms with Crippen molar-refractivity contribution < 1.29 is 27.5 Å². The lowest BCUT2D eigenvalue weighted by atomic mass is 9.96. The molecule has 2 saturated heterocycles. The lowest BCUT2D eigenvalue weighted by Gasteiger charge is -2.30. The van der Waals surface area contributed by atoms with Crippen LogP contribution in [0.3, 0.4) is 0 Å². The molecule has 7 nitrogen and oxygen atoms in total. The Bertz CT molecular complexity index is 927. The number of hydrogen-bond acceptors (Lipinski definition) is 5. The smallest absolute Gasteiger partial charge is 0.276 e. The van der Waals surface area contributed by atoms with Gasteiger partial charge in [-0.25, -0.2) is 13.8 Å². The number of oxazole rings is 1. The summed E-state index contributed by atoms with van der Waals surface area (Å²) in [7, 11) is 0. The zero-order valence-corrected chi connectivity index (χ0v) is 16.7. The standard InChI is InChI=1S/C21H23F2N3O4/c1-13-18(21(28)26-6-8-29-9-7-26)24-19(30-13)14-2-4-25(5-3-14)20(27)15-10-16(22)12-17(23)11-15/h10-12,14H,2-9H2,1H3. The minimum atomic E-state index is -0.777. The molecular weight excluding hydrogens is 396 g/mol. The molecule has 0 aliphatic carbocycles. The number of nitrogens with zero attached hydrogens (tertiary/aromatic N) is 3. The third kappa shape index (κ3) is 4.21. The SMILES string of the molecule is Cc1oc(C2CCN(C(=O)c3cc(F)cc(F)c3)CC2)nc1C(=O)N1CCOCC1. The molecule has 3 heterocycles. The largest absolute Gasteiger partial charge is 0.445 e. The molecule has 2 aromatic rings. The molecular formula is C21H23F2N3O4. The van der Waals surface area contributed by atoms with Gasteiger partial charge in [-0.3, -0.25) is 9.59 Å². The summed E-state index contributed by atoms with van der Waals surface area (Å²) < 4.78 is 37.9. The fourth-order valence-corrected chi connectivity index (χ4v) is 3.90. The number of carbonyl (C=O) groups excluding carboxylic acids is 2. The maximum atomic E-state index is 13.4. The maximum absolute atomic E-state index is 13.4. The highest BCUT2D eigenvalue weighted by atomic mass is 19.1. The van der Waals surface area contributed by atoms with E-state index in [1.165, 1.54) is 0 Å². The van der Waals surface area contributed by atoms with Gasteiger partial charge in [-0.15, -0.1) is 0 Å². The van der Waals surface area contributed by atoms with Crippen molar-refractivity contribution in [1.29, 1.82) is 0 Å². The topological polar surface area (TPSA) is 75.9 Å². The van der Waals surface area contributed by atoms with Crippen molar-refractivity contribution in [2.75, 3.05) is 39.4 Å². The Morgan fingerprint density at radius 1 is 0.967 bits per heavy atom. The van der Waals surface area contributed by atoms with E-state index in [-0.39, 0.29) is 17.4 Å². The molecule has 160 valence electrons. The zero-order chi connectivity index (χ0) is 21.3. The molecule has 0 spiro atoms. The highest BCUT2D eigenvalue weighted by Crippen LogP contribution is 2.30. The van der Waals surface area contributed by atoms with Gasteiger partial charge in [-0.05, 0) is 31.9 Å². The number of aromatic nitrogens is 1. The number of rotatable bonds is 3. The Balaban J connectivity index is 1.40. The molecule has 1 aromatic heterocycles. The van der Waals surface area contributed by atoms with Crippen molar-refractivity contribution in [1.82, 2.24) is 14.8 Å².